The summed E-state index contributed by atoms with van der Waals surface area (Å²) < 4.78 is 6.08. The third kappa shape index (κ3) is 3.00. The predicted molar refractivity (Wildman–Crippen MR) is 66.1 cm³/mol. The SMILES string of the molecule is COc1ccc(NC(N)=S)c(I)c1. The third-order valence-corrected chi connectivity index (χ3v) is 2.43. The van der Waals surface area contributed by atoms with Gasteiger partial charge in [0.15, 0.2) is 5.11 Å². The fourth-order valence-corrected chi connectivity index (χ4v) is 1.59. The summed E-state index contributed by atoms with van der Waals surface area (Å²) in [5.41, 5.74) is 6.25. The zero-order valence-corrected chi connectivity index (χ0v) is 9.98. The Labute approximate surface area is 95.8 Å². The van der Waals surface area contributed by atoms with Gasteiger partial charge in [0.05, 0.1) is 12.8 Å². The minimum atomic E-state index is 0.267. The molecule has 0 unspecified atom stereocenters. The molecule has 0 aromatic heterocycles. The molecular weight excluding hydrogens is 299 g/mol. The van der Waals surface area contributed by atoms with Crippen molar-refractivity contribution in [2.24, 2.45) is 5.73 Å². The van der Waals surface area contributed by atoms with E-state index in [4.69, 9.17) is 22.7 Å². The van der Waals surface area contributed by atoms with Gasteiger partial charge in [0.25, 0.3) is 0 Å². The molecule has 13 heavy (non-hydrogen) atoms. The predicted octanol–water partition coefficient (Wildman–Crippen LogP) is 1.96. The second-order valence-corrected chi connectivity index (χ2v) is 3.94. The highest BCUT2D eigenvalue weighted by Gasteiger charge is 2.01. The van der Waals surface area contributed by atoms with Crippen LogP contribution >= 0.6 is 34.8 Å². The van der Waals surface area contributed by atoms with E-state index in [1.54, 1.807) is 7.11 Å². The molecule has 70 valence electrons. The molecule has 0 atom stereocenters. The summed E-state index contributed by atoms with van der Waals surface area (Å²) in [6, 6.07) is 5.63. The van der Waals surface area contributed by atoms with E-state index in [0.29, 0.717) is 0 Å². The lowest BCUT2D eigenvalue weighted by Gasteiger charge is -2.07. The van der Waals surface area contributed by atoms with Crippen molar-refractivity contribution in [2.75, 3.05) is 12.4 Å². The molecule has 0 radical (unpaired) electrons. The normalized spacial score (nSPS) is 9.38. The number of methoxy groups -OCH3 is 1. The van der Waals surface area contributed by atoms with Gasteiger partial charge in [0.2, 0.25) is 0 Å². The number of ether oxygens (including phenoxy) is 1. The fraction of sp³-hybridized carbons (Fsp3) is 0.125. The monoisotopic (exact) mass is 308 g/mol. The van der Waals surface area contributed by atoms with Crippen LogP contribution < -0.4 is 15.8 Å². The van der Waals surface area contributed by atoms with Gasteiger partial charge in [-0.1, -0.05) is 0 Å². The molecule has 5 heteroatoms. The number of hydrogen-bond donors (Lipinski definition) is 2. The van der Waals surface area contributed by atoms with E-state index in [1.165, 1.54) is 0 Å². The van der Waals surface area contributed by atoms with Crippen molar-refractivity contribution in [3.63, 3.8) is 0 Å². The Hall–Kier alpha value is -0.560. The number of halogens is 1. The zero-order chi connectivity index (χ0) is 9.84. The molecule has 1 rings (SSSR count). The van der Waals surface area contributed by atoms with Crippen LogP contribution in [0, 0.1) is 3.57 Å². The van der Waals surface area contributed by atoms with Crippen LogP contribution in [0.3, 0.4) is 0 Å². The second-order valence-electron chi connectivity index (χ2n) is 2.34. The Morgan fingerprint density at radius 3 is 2.77 bits per heavy atom. The number of anilines is 1. The standard InChI is InChI=1S/C8H9IN2OS/c1-12-5-2-3-7(6(9)4-5)11-8(10)13/h2-4H,1H3,(H3,10,11,13). The average molecular weight is 308 g/mol. The van der Waals surface area contributed by atoms with Crippen molar-refractivity contribution in [1.29, 1.82) is 0 Å². The summed E-state index contributed by atoms with van der Waals surface area (Å²) in [6.07, 6.45) is 0. The topological polar surface area (TPSA) is 47.3 Å². The van der Waals surface area contributed by atoms with Crippen LogP contribution in [0.1, 0.15) is 0 Å². The molecular formula is C8H9IN2OS. The van der Waals surface area contributed by atoms with Crippen molar-refractivity contribution in [2.45, 2.75) is 0 Å². The van der Waals surface area contributed by atoms with Crippen molar-refractivity contribution in [3.05, 3.63) is 21.8 Å². The lowest BCUT2D eigenvalue weighted by atomic mass is 10.3. The highest BCUT2D eigenvalue weighted by atomic mass is 127. The summed E-state index contributed by atoms with van der Waals surface area (Å²) in [5, 5.41) is 3.14. The molecule has 0 saturated heterocycles. The Morgan fingerprint density at radius 2 is 2.31 bits per heavy atom. The van der Waals surface area contributed by atoms with E-state index in [-0.39, 0.29) is 5.11 Å². The van der Waals surface area contributed by atoms with Gasteiger partial charge in [-0.3, -0.25) is 0 Å². The smallest absolute Gasteiger partial charge is 0.168 e. The van der Waals surface area contributed by atoms with Gasteiger partial charge in [0, 0.05) is 3.57 Å². The first-order valence-corrected chi connectivity index (χ1v) is 5.02. The fourth-order valence-electron chi connectivity index (χ4n) is 0.857. The quantitative estimate of drug-likeness (QED) is 0.648. The first-order chi connectivity index (χ1) is 6.13. The minimum Gasteiger partial charge on any atom is -0.497 e. The number of nitrogens with one attached hydrogen (secondary N) is 1. The first-order valence-electron chi connectivity index (χ1n) is 3.53. The summed E-state index contributed by atoms with van der Waals surface area (Å²) in [6.45, 7) is 0. The first kappa shape index (κ1) is 10.5. The molecule has 0 amide bonds. The third-order valence-electron chi connectivity index (χ3n) is 1.43. The van der Waals surface area contributed by atoms with Crippen LogP contribution in [-0.4, -0.2) is 12.2 Å². The van der Waals surface area contributed by atoms with Gasteiger partial charge < -0.3 is 15.8 Å². The maximum Gasteiger partial charge on any atom is 0.168 e. The van der Waals surface area contributed by atoms with E-state index in [2.05, 4.69) is 27.9 Å². The largest absolute Gasteiger partial charge is 0.497 e. The van der Waals surface area contributed by atoms with Gasteiger partial charge in [-0.05, 0) is 53.0 Å². The van der Waals surface area contributed by atoms with Crippen molar-refractivity contribution < 1.29 is 4.74 Å². The second kappa shape index (κ2) is 4.61. The van der Waals surface area contributed by atoms with Crippen molar-refractivity contribution >= 4 is 45.6 Å². The summed E-state index contributed by atoms with van der Waals surface area (Å²) in [5.74, 6) is 0.817. The summed E-state index contributed by atoms with van der Waals surface area (Å²) >= 11 is 6.92. The molecule has 0 heterocycles. The number of benzene rings is 1. The molecule has 0 aliphatic carbocycles. The summed E-state index contributed by atoms with van der Waals surface area (Å²) in [7, 11) is 1.63. The number of rotatable bonds is 2. The number of nitrogens with two attached hydrogens (primary N) is 1. The lowest BCUT2D eigenvalue weighted by molar-refractivity contribution is 0.414. The van der Waals surface area contributed by atoms with Crippen molar-refractivity contribution in [1.82, 2.24) is 0 Å². The molecule has 0 aliphatic rings. The van der Waals surface area contributed by atoms with E-state index in [9.17, 15) is 0 Å². The molecule has 3 nitrogen and oxygen atoms in total. The highest BCUT2D eigenvalue weighted by molar-refractivity contribution is 14.1. The van der Waals surface area contributed by atoms with E-state index >= 15 is 0 Å². The van der Waals surface area contributed by atoms with Crippen LogP contribution in [-0.2, 0) is 0 Å². The molecule has 1 aromatic rings. The minimum absolute atomic E-state index is 0.267. The Kier molecular flexibility index (Phi) is 3.73. The van der Waals surface area contributed by atoms with Gasteiger partial charge in [-0.15, -0.1) is 0 Å². The zero-order valence-electron chi connectivity index (χ0n) is 7.00. The van der Waals surface area contributed by atoms with Crippen molar-refractivity contribution in [3.8, 4) is 5.75 Å². The van der Waals surface area contributed by atoms with Crippen LogP contribution in [0.2, 0.25) is 0 Å². The summed E-state index contributed by atoms with van der Waals surface area (Å²) in [4.78, 5) is 0. The van der Waals surface area contributed by atoms with Crippen LogP contribution in [0.5, 0.6) is 5.75 Å². The van der Waals surface area contributed by atoms with E-state index in [1.807, 2.05) is 18.2 Å². The van der Waals surface area contributed by atoms with Crippen LogP contribution in [0.4, 0.5) is 5.69 Å². The maximum atomic E-state index is 5.35. The highest BCUT2D eigenvalue weighted by Crippen LogP contribution is 2.23. The Bertz CT molecular complexity index is 330. The molecule has 0 aliphatic heterocycles. The Morgan fingerprint density at radius 1 is 1.62 bits per heavy atom. The van der Waals surface area contributed by atoms with Gasteiger partial charge in [-0.25, -0.2) is 0 Å². The number of thiocarbonyl (C=S) groups is 1. The molecule has 3 N–H and O–H groups in total. The molecule has 0 saturated carbocycles. The molecule has 0 fully saturated rings. The van der Waals surface area contributed by atoms with Crippen LogP contribution in [0.15, 0.2) is 18.2 Å². The average Bonchev–Trinajstić information content (AvgIpc) is 2.08. The Balaban J connectivity index is 2.91. The van der Waals surface area contributed by atoms with Gasteiger partial charge in [0.1, 0.15) is 5.75 Å². The maximum absolute atomic E-state index is 5.35. The lowest BCUT2D eigenvalue weighted by Crippen LogP contribution is -2.19. The van der Waals surface area contributed by atoms with Gasteiger partial charge in [-0.2, -0.15) is 0 Å². The molecule has 0 spiro atoms. The van der Waals surface area contributed by atoms with E-state index in [0.717, 1.165) is 15.0 Å². The molecule has 0 bridgehead atoms. The van der Waals surface area contributed by atoms with Gasteiger partial charge >= 0.3 is 0 Å². The van der Waals surface area contributed by atoms with Crippen LogP contribution in [0.25, 0.3) is 0 Å². The molecule has 1 aromatic carbocycles. The number of hydrogen-bond acceptors (Lipinski definition) is 2. The van der Waals surface area contributed by atoms with E-state index < -0.39 is 0 Å².